The van der Waals surface area contributed by atoms with E-state index in [1.807, 2.05) is 18.2 Å². The summed E-state index contributed by atoms with van der Waals surface area (Å²) >= 11 is 5.91. The van der Waals surface area contributed by atoms with E-state index >= 15 is 0 Å². The molecule has 0 unspecified atom stereocenters. The second-order valence-electron chi connectivity index (χ2n) is 3.94. The molecule has 2 aromatic rings. The number of hydrogen-bond donors (Lipinski definition) is 2. The van der Waals surface area contributed by atoms with Crippen molar-refractivity contribution in [3.8, 4) is 0 Å². The number of nitrogens with one attached hydrogen (secondary N) is 2. The van der Waals surface area contributed by atoms with Crippen molar-refractivity contribution in [1.29, 1.82) is 0 Å². The maximum atomic E-state index is 12.1. The minimum Gasteiger partial charge on any atom is -0.387 e. The molecule has 0 saturated heterocycles. The van der Waals surface area contributed by atoms with Gasteiger partial charge in [0.15, 0.2) is 0 Å². The predicted octanol–water partition coefficient (Wildman–Crippen LogP) is 2.71. The molecule has 1 aromatic carbocycles. The first kappa shape index (κ1) is 13.4. The van der Waals surface area contributed by atoms with Gasteiger partial charge in [-0.3, -0.25) is 9.78 Å². The van der Waals surface area contributed by atoms with E-state index in [0.29, 0.717) is 17.1 Å². The molecule has 1 amide bonds. The largest absolute Gasteiger partial charge is 0.387 e. The average Bonchev–Trinajstić information content (AvgIpc) is 2.46. The number of benzene rings is 1. The molecule has 0 radical (unpaired) electrons. The van der Waals surface area contributed by atoms with Crippen LogP contribution in [-0.4, -0.2) is 17.9 Å². The summed E-state index contributed by atoms with van der Waals surface area (Å²) in [7, 11) is 1.76. The van der Waals surface area contributed by atoms with Crippen LogP contribution in [0.1, 0.15) is 16.1 Å². The smallest absolute Gasteiger partial charge is 0.253 e. The fraction of sp³-hybridized carbons (Fsp3) is 0.143. The van der Waals surface area contributed by atoms with E-state index in [0.717, 1.165) is 11.4 Å². The first-order valence-electron chi connectivity index (χ1n) is 5.86. The van der Waals surface area contributed by atoms with Crippen LogP contribution in [0.5, 0.6) is 0 Å². The van der Waals surface area contributed by atoms with Gasteiger partial charge in [-0.25, -0.2) is 0 Å². The third-order valence-corrected chi connectivity index (χ3v) is 2.89. The first-order chi connectivity index (χ1) is 9.20. The highest BCUT2D eigenvalue weighted by Gasteiger charge is 2.11. The lowest BCUT2D eigenvalue weighted by Crippen LogP contribution is -2.24. The molecule has 0 saturated carbocycles. The summed E-state index contributed by atoms with van der Waals surface area (Å²) in [6, 6.07) is 10.7. The summed E-state index contributed by atoms with van der Waals surface area (Å²) in [5.41, 5.74) is 2.07. The van der Waals surface area contributed by atoms with Crippen LogP contribution in [0.15, 0.2) is 42.6 Å². The monoisotopic (exact) mass is 275 g/mol. The lowest BCUT2D eigenvalue weighted by molar-refractivity contribution is 0.0951. The third kappa shape index (κ3) is 3.45. The Morgan fingerprint density at radius 1 is 1.32 bits per heavy atom. The molecule has 0 fully saturated rings. The molecule has 0 atom stereocenters. The molecule has 4 nitrogen and oxygen atoms in total. The summed E-state index contributed by atoms with van der Waals surface area (Å²) < 4.78 is 0. The predicted molar refractivity (Wildman–Crippen MR) is 76.4 cm³/mol. The Labute approximate surface area is 116 Å². The fourth-order valence-corrected chi connectivity index (χ4v) is 1.86. The molecular formula is C14H14ClN3O. The maximum absolute atomic E-state index is 12.1. The van der Waals surface area contributed by atoms with Crippen molar-refractivity contribution >= 4 is 23.2 Å². The molecule has 0 aliphatic heterocycles. The van der Waals surface area contributed by atoms with Gasteiger partial charge >= 0.3 is 0 Å². The highest BCUT2D eigenvalue weighted by molar-refractivity contribution is 6.31. The maximum Gasteiger partial charge on any atom is 0.253 e. The van der Waals surface area contributed by atoms with Crippen LogP contribution in [0.4, 0.5) is 5.69 Å². The molecule has 0 aliphatic carbocycles. The lowest BCUT2D eigenvalue weighted by atomic mass is 10.1. The number of pyridine rings is 1. The zero-order chi connectivity index (χ0) is 13.7. The number of rotatable bonds is 4. The van der Waals surface area contributed by atoms with E-state index in [1.165, 1.54) is 0 Å². The number of nitrogens with zero attached hydrogens (tertiary/aromatic N) is 1. The van der Waals surface area contributed by atoms with Crippen LogP contribution >= 0.6 is 11.6 Å². The Morgan fingerprint density at radius 3 is 2.84 bits per heavy atom. The number of carbonyl (C=O) groups excluding carboxylic acids is 1. The van der Waals surface area contributed by atoms with Gasteiger partial charge in [0.25, 0.3) is 5.91 Å². The Kier molecular flexibility index (Phi) is 4.36. The molecule has 2 N–H and O–H groups in total. The molecule has 5 heteroatoms. The topological polar surface area (TPSA) is 54.0 Å². The normalized spacial score (nSPS) is 10.0. The standard InChI is InChI=1S/C14H14ClN3O/c1-16-13-6-5-10(15)8-12(13)14(19)18-9-11-4-2-3-7-17-11/h2-8,16H,9H2,1H3,(H,18,19). The van der Waals surface area contributed by atoms with Gasteiger partial charge in [-0.1, -0.05) is 17.7 Å². The van der Waals surface area contributed by atoms with Crippen molar-refractivity contribution in [2.24, 2.45) is 0 Å². The van der Waals surface area contributed by atoms with Gasteiger partial charge in [0.05, 0.1) is 17.8 Å². The van der Waals surface area contributed by atoms with E-state index in [9.17, 15) is 4.79 Å². The fourth-order valence-electron chi connectivity index (χ4n) is 1.69. The van der Waals surface area contributed by atoms with Gasteiger partial charge in [-0.2, -0.15) is 0 Å². The van der Waals surface area contributed by atoms with Gasteiger partial charge in [-0.15, -0.1) is 0 Å². The van der Waals surface area contributed by atoms with Gasteiger partial charge in [0.2, 0.25) is 0 Å². The first-order valence-corrected chi connectivity index (χ1v) is 6.24. The number of carbonyl (C=O) groups is 1. The minimum atomic E-state index is -0.183. The van der Waals surface area contributed by atoms with E-state index in [1.54, 1.807) is 31.4 Å². The summed E-state index contributed by atoms with van der Waals surface area (Å²) in [5.74, 6) is -0.183. The molecule has 2 rings (SSSR count). The minimum absolute atomic E-state index is 0.183. The van der Waals surface area contributed by atoms with Crippen LogP contribution in [0.2, 0.25) is 5.02 Å². The average molecular weight is 276 g/mol. The van der Waals surface area contributed by atoms with Crippen molar-refractivity contribution in [1.82, 2.24) is 10.3 Å². The van der Waals surface area contributed by atoms with Crippen molar-refractivity contribution in [3.05, 3.63) is 58.9 Å². The second-order valence-corrected chi connectivity index (χ2v) is 4.38. The zero-order valence-corrected chi connectivity index (χ0v) is 11.2. The SMILES string of the molecule is CNc1ccc(Cl)cc1C(=O)NCc1ccccn1. The van der Waals surface area contributed by atoms with Crippen molar-refractivity contribution < 1.29 is 4.79 Å². The summed E-state index contributed by atoms with van der Waals surface area (Å²) in [6.07, 6.45) is 1.69. The van der Waals surface area contributed by atoms with Crippen LogP contribution < -0.4 is 10.6 Å². The van der Waals surface area contributed by atoms with Crippen molar-refractivity contribution in [2.75, 3.05) is 12.4 Å². The molecule has 0 spiro atoms. The number of hydrogen-bond acceptors (Lipinski definition) is 3. The van der Waals surface area contributed by atoms with Gasteiger partial charge in [0.1, 0.15) is 0 Å². The van der Waals surface area contributed by atoms with Gasteiger partial charge in [-0.05, 0) is 30.3 Å². The Bertz CT molecular complexity index is 572. The highest BCUT2D eigenvalue weighted by atomic mass is 35.5. The van der Waals surface area contributed by atoms with Gasteiger partial charge < -0.3 is 10.6 Å². The van der Waals surface area contributed by atoms with E-state index in [-0.39, 0.29) is 5.91 Å². The summed E-state index contributed by atoms with van der Waals surface area (Å²) in [6.45, 7) is 0.384. The number of halogens is 1. The molecular weight excluding hydrogens is 262 g/mol. The van der Waals surface area contributed by atoms with Crippen LogP contribution in [-0.2, 0) is 6.54 Å². The van der Waals surface area contributed by atoms with E-state index in [2.05, 4.69) is 15.6 Å². The molecule has 19 heavy (non-hydrogen) atoms. The van der Waals surface area contributed by atoms with E-state index < -0.39 is 0 Å². The van der Waals surface area contributed by atoms with E-state index in [4.69, 9.17) is 11.6 Å². The highest BCUT2D eigenvalue weighted by Crippen LogP contribution is 2.20. The molecule has 0 bridgehead atoms. The van der Waals surface area contributed by atoms with Crippen molar-refractivity contribution in [3.63, 3.8) is 0 Å². The zero-order valence-electron chi connectivity index (χ0n) is 10.5. The Hall–Kier alpha value is -2.07. The quantitative estimate of drug-likeness (QED) is 0.902. The number of aromatic nitrogens is 1. The van der Waals surface area contributed by atoms with Crippen molar-refractivity contribution in [2.45, 2.75) is 6.54 Å². The van der Waals surface area contributed by atoms with Crippen LogP contribution in [0, 0.1) is 0 Å². The Balaban J connectivity index is 2.10. The second kappa shape index (κ2) is 6.20. The lowest BCUT2D eigenvalue weighted by Gasteiger charge is -2.10. The number of amides is 1. The molecule has 0 aliphatic rings. The third-order valence-electron chi connectivity index (χ3n) is 2.65. The Morgan fingerprint density at radius 2 is 2.16 bits per heavy atom. The molecule has 1 heterocycles. The molecule has 1 aromatic heterocycles. The van der Waals surface area contributed by atoms with Crippen LogP contribution in [0.25, 0.3) is 0 Å². The number of anilines is 1. The summed E-state index contributed by atoms with van der Waals surface area (Å²) in [4.78, 5) is 16.3. The molecule has 98 valence electrons. The summed E-state index contributed by atoms with van der Waals surface area (Å²) in [5, 5.41) is 6.31. The van der Waals surface area contributed by atoms with Crippen LogP contribution in [0.3, 0.4) is 0 Å². The van der Waals surface area contributed by atoms with Gasteiger partial charge in [0, 0.05) is 24.0 Å².